The topological polar surface area (TPSA) is 106 Å². The number of amides is 1. The van der Waals surface area contributed by atoms with Crippen molar-refractivity contribution >= 4 is 23.3 Å². The molecule has 2 aromatic rings. The zero-order valence-electron chi connectivity index (χ0n) is 9.18. The summed E-state index contributed by atoms with van der Waals surface area (Å²) in [5, 5.41) is 6.59. The van der Waals surface area contributed by atoms with Crippen LogP contribution in [0.4, 0.5) is 5.82 Å². The van der Waals surface area contributed by atoms with Crippen LogP contribution in [0.1, 0.15) is 16.1 Å². The average molecular weight is 268 g/mol. The van der Waals surface area contributed by atoms with E-state index < -0.39 is 0 Å². The van der Waals surface area contributed by atoms with Crippen LogP contribution >= 0.6 is 11.6 Å². The highest BCUT2D eigenvalue weighted by Gasteiger charge is 2.09. The molecule has 8 heteroatoms. The first-order chi connectivity index (χ1) is 8.70. The molecule has 0 radical (unpaired) electrons. The van der Waals surface area contributed by atoms with E-state index in [9.17, 15) is 4.79 Å². The summed E-state index contributed by atoms with van der Waals surface area (Å²) in [6.45, 7) is 0.268. The number of nitrogens with two attached hydrogens (primary N) is 1. The Balaban J connectivity index is 2.02. The van der Waals surface area contributed by atoms with Gasteiger partial charge in [-0.05, 0) is 6.07 Å². The lowest BCUT2D eigenvalue weighted by atomic mass is 10.2. The van der Waals surface area contributed by atoms with E-state index in [1.165, 1.54) is 18.5 Å². The molecule has 2 rings (SSSR count). The lowest BCUT2D eigenvalue weighted by Gasteiger charge is -2.05. The molecule has 18 heavy (non-hydrogen) atoms. The lowest BCUT2D eigenvalue weighted by Crippen LogP contribution is -2.23. The second-order valence-corrected chi connectivity index (χ2v) is 3.78. The van der Waals surface area contributed by atoms with Crippen molar-refractivity contribution in [2.75, 3.05) is 5.43 Å². The number of carbonyl (C=O) groups excluding carboxylic acids is 1. The van der Waals surface area contributed by atoms with E-state index in [1.807, 2.05) is 0 Å². The summed E-state index contributed by atoms with van der Waals surface area (Å²) in [7, 11) is 0. The smallest absolute Gasteiger partial charge is 0.253 e. The summed E-state index contributed by atoms with van der Waals surface area (Å²) in [5.74, 6) is 5.18. The molecule has 0 aliphatic heterocycles. The van der Waals surface area contributed by atoms with Crippen LogP contribution in [0.3, 0.4) is 0 Å². The van der Waals surface area contributed by atoms with Crippen LogP contribution in [-0.2, 0) is 6.54 Å². The lowest BCUT2D eigenvalue weighted by molar-refractivity contribution is 0.0949. The molecule has 2 aromatic heterocycles. The second-order valence-electron chi connectivity index (χ2n) is 3.37. The quantitative estimate of drug-likeness (QED) is 0.562. The molecule has 0 atom stereocenters. The minimum atomic E-state index is -0.309. The van der Waals surface area contributed by atoms with Crippen LogP contribution in [0.15, 0.2) is 29.1 Å². The number of rotatable bonds is 4. The van der Waals surface area contributed by atoms with E-state index in [4.69, 9.17) is 17.4 Å². The third kappa shape index (κ3) is 2.76. The van der Waals surface area contributed by atoms with Crippen molar-refractivity contribution in [3.05, 3.63) is 40.9 Å². The SMILES string of the molecule is NNc1ncc(C(=O)NCc2ccon2)cc1Cl. The number of aromatic nitrogens is 2. The Labute approximate surface area is 107 Å². The van der Waals surface area contributed by atoms with Gasteiger partial charge in [0.25, 0.3) is 5.91 Å². The largest absolute Gasteiger partial charge is 0.364 e. The van der Waals surface area contributed by atoms with Gasteiger partial charge in [0, 0.05) is 12.3 Å². The molecule has 94 valence electrons. The van der Waals surface area contributed by atoms with Gasteiger partial charge in [-0.15, -0.1) is 0 Å². The van der Waals surface area contributed by atoms with Gasteiger partial charge in [-0.3, -0.25) is 4.79 Å². The third-order valence-electron chi connectivity index (χ3n) is 2.16. The number of pyridine rings is 1. The van der Waals surface area contributed by atoms with Gasteiger partial charge in [0.15, 0.2) is 5.82 Å². The van der Waals surface area contributed by atoms with Crippen molar-refractivity contribution < 1.29 is 9.32 Å². The molecular formula is C10H10ClN5O2. The molecule has 0 bridgehead atoms. The molecule has 0 fully saturated rings. The Morgan fingerprint density at radius 1 is 1.56 bits per heavy atom. The first kappa shape index (κ1) is 12.3. The molecule has 4 N–H and O–H groups in total. The molecule has 0 saturated heterocycles. The minimum Gasteiger partial charge on any atom is -0.364 e. The molecule has 0 spiro atoms. The molecular weight excluding hydrogens is 258 g/mol. The van der Waals surface area contributed by atoms with Crippen LogP contribution in [0.5, 0.6) is 0 Å². The maximum absolute atomic E-state index is 11.8. The predicted molar refractivity (Wildman–Crippen MR) is 64.7 cm³/mol. The highest BCUT2D eigenvalue weighted by atomic mass is 35.5. The van der Waals surface area contributed by atoms with Crippen LogP contribution < -0.4 is 16.6 Å². The number of nitrogens with one attached hydrogen (secondary N) is 2. The van der Waals surface area contributed by atoms with Crippen molar-refractivity contribution in [3.63, 3.8) is 0 Å². The molecule has 0 aliphatic rings. The highest BCUT2D eigenvalue weighted by molar-refractivity contribution is 6.33. The maximum Gasteiger partial charge on any atom is 0.253 e. The van der Waals surface area contributed by atoms with Crippen LogP contribution in [-0.4, -0.2) is 16.0 Å². The van der Waals surface area contributed by atoms with Gasteiger partial charge in [0.1, 0.15) is 12.0 Å². The van der Waals surface area contributed by atoms with Crippen LogP contribution in [0.25, 0.3) is 0 Å². The summed E-state index contributed by atoms with van der Waals surface area (Å²) in [6.07, 6.45) is 2.81. The van der Waals surface area contributed by atoms with Crippen LogP contribution in [0.2, 0.25) is 5.02 Å². The standard InChI is InChI=1S/C10H10ClN5O2/c11-8-3-6(4-13-9(8)15-12)10(17)14-5-7-1-2-18-16-7/h1-4H,5,12H2,(H,13,15)(H,14,17). The third-order valence-corrected chi connectivity index (χ3v) is 2.45. The second kappa shape index (κ2) is 5.48. The van der Waals surface area contributed by atoms with E-state index in [-0.39, 0.29) is 17.5 Å². The summed E-state index contributed by atoms with van der Waals surface area (Å²) >= 11 is 5.86. The van der Waals surface area contributed by atoms with E-state index >= 15 is 0 Å². The van der Waals surface area contributed by atoms with E-state index in [1.54, 1.807) is 6.07 Å². The van der Waals surface area contributed by atoms with Crippen molar-refractivity contribution in [2.45, 2.75) is 6.54 Å². The molecule has 1 amide bonds. The minimum absolute atomic E-state index is 0.268. The van der Waals surface area contributed by atoms with E-state index in [0.29, 0.717) is 17.1 Å². The molecule has 0 aromatic carbocycles. The summed E-state index contributed by atoms with van der Waals surface area (Å²) in [4.78, 5) is 15.7. The fourth-order valence-electron chi connectivity index (χ4n) is 1.27. The number of anilines is 1. The number of hydrogen-bond donors (Lipinski definition) is 3. The number of nitrogen functional groups attached to an aromatic ring is 1. The average Bonchev–Trinajstić information content (AvgIpc) is 2.89. The number of hydrogen-bond acceptors (Lipinski definition) is 6. The van der Waals surface area contributed by atoms with Gasteiger partial charge in [0.05, 0.1) is 17.1 Å². The maximum atomic E-state index is 11.8. The molecule has 0 unspecified atom stereocenters. The molecule has 7 nitrogen and oxygen atoms in total. The summed E-state index contributed by atoms with van der Waals surface area (Å²) in [5.41, 5.74) is 3.28. The van der Waals surface area contributed by atoms with Gasteiger partial charge in [-0.2, -0.15) is 0 Å². The zero-order chi connectivity index (χ0) is 13.0. The Bertz CT molecular complexity index is 543. The van der Waals surface area contributed by atoms with Crippen molar-refractivity contribution in [1.82, 2.24) is 15.5 Å². The fraction of sp³-hybridized carbons (Fsp3) is 0.100. The van der Waals surface area contributed by atoms with E-state index in [0.717, 1.165) is 0 Å². The van der Waals surface area contributed by atoms with Crippen molar-refractivity contribution in [2.24, 2.45) is 5.84 Å². The van der Waals surface area contributed by atoms with Crippen LogP contribution in [0, 0.1) is 0 Å². The molecule has 0 aliphatic carbocycles. The predicted octanol–water partition coefficient (Wildman–Crippen LogP) is 0.939. The first-order valence-electron chi connectivity index (χ1n) is 5.00. The Morgan fingerprint density at radius 3 is 3.00 bits per heavy atom. The Morgan fingerprint density at radius 2 is 2.39 bits per heavy atom. The monoisotopic (exact) mass is 267 g/mol. The van der Waals surface area contributed by atoms with Crippen molar-refractivity contribution in [1.29, 1.82) is 0 Å². The molecule has 2 heterocycles. The Hall–Kier alpha value is -2.12. The number of hydrazine groups is 1. The number of nitrogens with zero attached hydrogens (tertiary/aromatic N) is 2. The Kier molecular flexibility index (Phi) is 3.75. The zero-order valence-corrected chi connectivity index (χ0v) is 9.94. The number of carbonyl (C=O) groups is 1. The van der Waals surface area contributed by atoms with Gasteiger partial charge >= 0.3 is 0 Å². The first-order valence-corrected chi connectivity index (χ1v) is 5.38. The highest BCUT2D eigenvalue weighted by Crippen LogP contribution is 2.18. The van der Waals surface area contributed by atoms with E-state index in [2.05, 4.69) is 25.4 Å². The van der Waals surface area contributed by atoms with Gasteiger partial charge in [0.2, 0.25) is 0 Å². The number of halogens is 1. The van der Waals surface area contributed by atoms with Gasteiger partial charge < -0.3 is 15.3 Å². The van der Waals surface area contributed by atoms with Crippen molar-refractivity contribution in [3.8, 4) is 0 Å². The fourth-order valence-corrected chi connectivity index (χ4v) is 1.49. The molecule has 0 saturated carbocycles. The normalized spacial score (nSPS) is 10.1. The van der Waals surface area contributed by atoms with Gasteiger partial charge in [-0.25, -0.2) is 10.8 Å². The summed E-state index contributed by atoms with van der Waals surface area (Å²) in [6, 6.07) is 3.13. The summed E-state index contributed by atoms with van der Waals surface area (Å²) < 4.78 is 4.64. The van der Waals surface area contributed by atoms with Gasteiger partial charge in [-0.1, -0.05) is 16.8 Å².